The number of hydrogen-bond donors (Lipinski definition) is 1. The van der Waals surface area contributed by atoms with Gasteiger partial charge in [-0.25, -0.2) is 0 Å². The van der Waals surface area contributed by atoms with Gasteiger partial charge in [-0.05, 0) is 44.0 Å². The van der Waals surface area contributed by atoms with Crippen LogP contribution < -0.4 is 4.74 Å². The Morgan fingerprint density at radius 1 is 1.48 bits per heavy atom. The van der Waals surface area contributed by atoms with Crippen LogP contribution in [0.4, 0.5) is 0 Å². The van der Waals surface area contributed by atoms with Crippen LogP contribution >= 0.6 is 11.6 Å². The van der Waals surface area contributed by atoms with E-state index >= 15 is 0 Å². The first kappa shape index (κ1) is 15.6. The fourth-order valence-electron chi connectivity index (χ4n) is 2.41. The van der Waals surface area contributed by atoms with E-state index in [1.807, 2.05) is 6.92 Å². The van der Waals surface area contributed by atoms with Crippen molar-refractivity contribution >= 4 is 23.5 Å². The Morgan fingerprint density at radius 3 is 2.76 bits per heavy atom. The fraction of sp³-hybridized carbons (Fsp3) is 0.467. The van der Waals surface area contributed by atoms with Crippen molar-refractivity contribution in [2.45, 2.75) is 26.4 Å². The third-order valence-corrected chi connectivity index (χ3v) is 3.87. The molecule has 0 radical (unpaired) electrons. The molecule has 1 aromatic carbocycles. The Labute approximate surface area is 128 Å². The molecule has 0 unspecified atom stereocenters. The number of carboxylic acids is 1. The lowest BCUT2D eigenvalue weighted by Crippen LogP contribution is -2.39. The molecule has 114 valence electrons. The molecule has 1 aliphatic rings. The van der Waals surface area contributed by atoms with E-state index in [9.17, 15) is 9.59 Å². The molecule has 0 aliphatic carbocycles. The third kappa shape index (κ3) is 3.67. The first-order valence-electron chi connectivity index (χ1n) is 6.83. The molecule has 1 aliphatic heterocycles. The molecule has 0 spiro atoms. The first-order valence-corrected chi connectivity index (χ1v) is 7.20. The molecule has 1 N–H and O–H groups in total. The Hall–Kier alpha value is -1.75. The van der Waals surface area contributed by atoms with E-state index in [0.29, 0.717) is 23.7 Å². The van der Waals surface area contributed by atoms with Gasteiger partial charge in [-0.15, -0.1) is 0 Å². The predicted octanol–water partition coefficient (Wildman–Crippen LogP) is 2.35. The van der Waals surface area contributed by atoms with E-state index in [4.69, 9.17) is 21.4 Å². The molecule has 2 rings (SSSR count). The average molecular weight is 312 g/mol. The predicted molar refractivity (Wildman–Crippen MR) is 78.6 cm³/mol. The molecule has 1 saturated heterocycles. The largest absolute Gasteiger partial charge is 0.481 e. The van der Waals surface area contributed by atoms with Crippen molar-refractivity contribution < 1.29 is 19.4 Å². The standard InChI is InChI=1S/C15H18ClNO4/c1-9-7-12(16)3-4-13(9)21-10(2)14(18)17-6-5-11(8-17)15(19)20/h3-4,7,10-11H,5-6,8H2,1-2H3,(H,19,20)/t10-,11+/m1/s1. The van der Waals surface area contributed by atoms with Crippen LogP contribution in [0.1, 0.15) is 18.9 Å². The molecule has 2 atom stereocenters. The van der Waals surface area contributed by atoms with Crippen LogP contribution in [0.5, 0.6) is 5.75 Å². The molecular formula is C15H18ClNO4. The number of amides is 1. The van der Waals surface area contributed by atoms with Crippen LogP contribution in [0.15, 0.2) is 18.2 Å². The van der Waals surface area contributed by atoms with Crippen LogP contribution in [-0.4, -0.2) is 41.1 Å². The van der Waals surface area contributed by atoms with Crippen LogP contribution in [-0.2, 0) is 9.59 Å². The monoisotopic (exact) mass is 311 g/mol. The Balaban J connectivity index is 1.98. The molecular weight excluding hydrogens is 294 g/mol. The first-order chi connectivity index (χ1) is 9.88. The summed E-state index contributed by atoms with van der Waals surface area (Å²) in [5.74, 6) is -0.909. The van der Waals surface area contributed by atoms with Crippen molar-refractivity contribution in [1.29, 1.82) is 0 Å². The minimum absolute atomic E-state index is 0.187. The number of likely N-dealkylation sites (tertiary alicyclic amines) is 1. The number of aliphatic carboxylic acids is 1. The number of nitrogens with zero attached hydrogens (tertiary/aromatic N) is 1. The quantitative estimate of drug-likeness (QED) is 0.927. The third-order valence-electron chi connectivity index (χ3n) is 3.64. The molecule has 1 heterocycles. The van der Waals surface area contributed by atoms with E-state index < -0.39 is 18.0 Å². The molecule has 5 nitrogen and oxygen atoms in total. The zero-order chi connectivity index (χ0) is 15.6. The molecule has 0 bridgehead atoms. The second kappa shape index (κ2) is 6.35. The van der Waals surface area contributed by atoms with Crippen LogP contribution in [0.3, 0.4) is 0 Å². The average Bonchev–Trinajstić information content (AvgIpc) is 2.90. The molecule has 1 aromatic rings. The number of carbonyl (C=O) groups excluding carboxylic acids is 1. The molecule has 0 saturated carbocycles. The minimum Gasteiger partial charge on any atom is -0.481 e. The Bertz CT molecular complexity index is 561. The number of hydrogen-bond acceptors (Lipinski definition) is 3. The lowest BCUT2D eigenvalue weighted by molar-refractivity contribution is -0.142. The summed E-state index contributed by atoms with van der Waals surface area (Å²) in [5, 5.41) is 9.58. The summed E-state index contributed by atoms with van der Waals surface area (Å²) in [6.07, 6.45) is -0.161. The summed E-state index contributed by atoms with van der Waals surface area (Å²) >= 11 is 5.88. The van der Waals surface area contributed by atoms with Crippen molar-refractivity contribution in [2.75, 3.05) is 13.1 Å². The number of ether oxygens (including phenoxy) is 1. The van der Waals surface area contributed by atoms with Crippen molar-refractivity contribution in [3.8, 4) is 5.75 Å². The van der Waals surface area contributed by atoms with E-state index in [1.165, 1.54) is 0 Å². The number of carbonyl (C=O) groups is 2. The smallest absolute Gasteiger partial charge is 0.308 e. The zero-order valence-corrected chi connectivity index (χ0v) is 12.8. The molecule has 21 heavy (non-hydrogen) atoms. The highest BCUT2D eigenvalue weighted by atomic mass is 35.5. The van der Waals surface area contributed by atoms with Crippen molar-refractivity contribution in [1.82, 2.24) is 4.90 Å². The Morgan fingerprint density at radius 2 is 2.19 bits per heavy atom. The van der Waals surface area contributed by atoms with Gasteiger partial charge in [0.05, 0.1) is 5.92 Å². The van der Waals surface area contributed by atoms with Gasteiger partial charge in [0.1, 0.15) is 5.75 Å². The van der Waals surface area contributed by atoms with E-state index in [2.05, 4.69) is 0 Å². The highest BCUT2D eigenvalue weighted by Gasteiger charge is 2.33. The molecule has 6 heteroatoms. The van der Waals surface area contributed by atoms with Gasteiger partial charge in [0.15, 0.2) is 6.10 Å². The van der Waals surface area contributed by atoms with Crippen LogP contribution in [0.25, 0.3) is 0 Å². The summed E-state index contributed by atoms with van der Waals surface area (Å²) < 4.78 is 5.67. The van der Waals surface area contributed by atoms with Gasteiger partial charge >= 0.3 is 5.97 Å². The highest BCUT2D eigenvalue weighted by molar-refractivity contribution is 6.30. The van der Waals surface area contributed by atoms with Crippen molar-refractivity contribution in [3.05, 3.63) is 28.8 Å². The van der Waals surface area contributed by atoms with Gasteiger partial charge < -0.3 is 14.7 Å². The van der Waals surface area contributed by atoms with Crippen molar-refractivity contribution in [3.63, 3.8) is 0 Å². The topological polar surface area (TPSA) is 66.8 Å². The minimum atomic E-state index is -0.854. The van der Waals surface area contributed by atoms with Gasteiger partial charge in [-0.3, -0.25) is 9.59 Å². The van der Waals surface area contributed by atoms with Gasteiger partial charge in [-0.1, -0.05) is 11.6 Å². The summed E-state index contributed by atoms with van der Waals surface area (Å²) in [5.41, 5.74) is 0.854. The van der Waals surface area contributed by atoms with Gasteiger partial charge in [0.2, 0.25) is 0 Å². The SMILES string of the molecule is Cc1cc(Cl)ccc1O[C@H](C)C(=O)N1CC[C@H](C(=O)O)C1. The Kier molecular flexibility index (Phi) is 4.73. The van der Waals surface area contributed by atoms with Crippen LogP contribution in [0.2, 0.25) is 5.02 Å². The maximum Gasteiger partial charge on any atom is 0.308 e. The second-order valence-electron chi connectivity index (χ2n) is 5.28. The summed E-state index contributed by atoms with van der Waals surface area (Å²) in [6, 6.07) is 5.20. The molecule has 1 fully saturated rings. The summed E-state index contributed by atoms with van der Waals surface area (Å²) in [7, 11) is 0. The normalized spacial score (nSPS) is 19.4. The highest BCUT2D eigenvalue weighted by Crippen LogP contribution is 2.24. The van der Waals surface area contributed by atoms with Gasteiger partial charge in [-0.2, -0.15) is 0 Å². The van der Waals surface area contributed by atoms with Gasteiger partial charge in [0, 0.05) is 18.1 Å². The number of carboxylic acid groups (broad SMARTS) is 1. The van der Waals surface area contributed by atoms with E-state index in [0.717, 1.165) is 5.56 Å². The van der Waals surface area contributed by atoms with E-state index in [-0.39, 0.29) is 12.5 Å². The molecule has 1 amide bonds. The zero-order valence-electron chi connectivity index (χ0n) is 12.0. The summed E-state index contributed by atoms with van der Waals surface area (Å²) in [6.45, 7) is 4.24. The van der Waals surface area contributed by atoms with Crippen LogP contribution in [0, 0.1) is 12.8 Å². The lowest BCUT2D eigenvalue weighted by atomic mass is 10.1. The fourth-order valence-corrected chi connectivity index (χ4v) is 2.63. The number of halogens is 1. The van der Waals surface area contributed by atoms with E-state index in [1.54, 1.807) is 30.0 Å². The molecule has 0 aromatic heterocycles. The number of rotatable bonds is 4. The second-order valence-corrected chi connectivity index (χ2v) is 5.71. The maximum atomic E-state index is 12.3. The maximum absolute atomic E-state index is 12.3. The van der Waals surface area contributed by atoms with Crippen molar-refractivity contribution in [2.24, 2.45) is 5.92 Å². The number of aryl methyl sites for hydroxylation is 1. The summed E-state index contributed by atoms with van der Waals surface area (Å²) in [4.78, 5) is 24.8. The number of benzene rings is 1. The van der Waals surface area contributed by atoms with Gasteiger partial charge in [0.25, 0.3) is 5.91 Å². The lowest BCUT2D eigenvalue weighted by Gasteiger charge is -2.22.